The van der Waals surface area contributed by atoms with Gasteiger partial charge < -0.3 is 10.6 Å². The molecular weight excluding hydrogens is 280 g/mol. The Bertz CT molecular complexity index is 576. The van der Waals surface area contributed by atoms with Crippen LogP contribution in [0.2, 0.25) is 0 Å². The van der Waals surface area contributed by atoms with Gasteiger partial charge in [0.1, 0.15) is 0 Å². The highest BCUT2D eigenvalue weighted by Gasteiger charge is 2.07. The van der Waals surface area contributed by atoms with Gasteiger partial charge in [0, 0.05) is 11.4 Å². The highest BCUT2D eigenvalue weighted by molar-refractivity contribution is 5.61. The van der Waals surface area contributed by atoms with Gasteiger partial charge in [0.25, 0.3) is 0 Å². The minimum absolute atomic E-state index is 0.753. The summed E-state index contributed by atoms with van der Waals surface area (Å²) in [5, 5.41) is 7.20. The summed E-state index contributed by atoms with van der Waals surface area (Å²) in [6.45, 7) is 9.57. The van der Waals surface area contributed by atoms with Crippen LogP contribution in [0.25, 0.3) is 0 Å². The van der Waals surface area contributed by atoms with Crippen molar-refractivity contribution in [1.82, 2.24) is 0 Å². The fourth-order valence-corrected chi connectivity index (χ4v) is 3.14. The average Bonchev–Trinajstić information content (AvgIpc) is 2.53. The summed E-state index contributed by atoms with van der Waals surface area (Å²) < 4.78 is 0. The number of anilines is 2. The molecule has 2 nitrogen and oxygen atoms in total. The molecule has 2 aromatic carbocycles. The maximum absolute atomic E-state index is 3.60. The van der Waals surface area contributed by atoms with E-state index in [1.807, 2.05) is 0 Å². The molecule has 0 aliphatic heterocycles. The van der Waals surface area contributed by atoms with E-state index in [-0.39, 0.29) is 0 Å². The molecule has 23 heavy (non-hydrogen) atoms. The van der Waals surface area contributed by atoms with Crippen molar-refractivity contribution in [3.8, 4) is 0 Å². The highest BCUT2D eigenvalue weighted by Crippen LogP contribution is 2.24. The first-order chi connectivity index (χ1) is 11.2. The smallest absolute Gasteiger partial charge is 0.0849 e. The van der Waals surface area contributed by atoms with Crippen LogP contribution in [-0.2, 0) is 12.8 Å². The van der Waals surface area contributed by atoms with E-state index in [4.69, 9.17) is 0 Å². The topological polar surface area (TPSA) is 24.1 Å². The monoisotopic (exact) mass is 310 g/mol. The Hall–Kier alpha value is -1.96. The number of rotatable bonds is 8. The molecule has 2 aromatic rings. The van der Waals surface area contributed by atoms with Gasteiger partial charge in [-0.15, -0.1) is 0 Å². The van der Waals surface area contributed by atoms with Gasteiger partial charge in [-0.2, -0.15) is 0 Å². The molecule has 0 aliphatic carbocycles. The van der Waals surface area contributed by atoms with Crippen LogP contribution in [0.1, 0.15) is 48.9 Å². The first kappa shape index (κ1) is 17.4. The zero-order valence-corrected chi connectivity index (χ0v) is 15.0. The van der Waals surface area contributed by atoms with E-state index in [1.54, 1.807) is 0 Å². The van der Waals surface area contributed by atoms with Crippen LogP contribution in [0.5, 0.6) is 0 Å². The molecule has 0 spiro atoms. The normalized spacial score (nSPS) is 10.6. The van der Waals surface area contributed by atoms with E-state index in [0.717, 1.165) is 19.5 Å². The lowest BCUT2D eigenvalue weighted by Crippen LogP contribution is -2.15. The molecule has 2 rings (SSSR count). The van der Waals surface area contributed by atoms with Crippen LogP contribution in [-0.4, -0.2) is 6.67 Å². The largest absolute Gasteiger partial charge is 0.368 e. The number of hydrogen-bond donors (Lipinski definition) is 2. The number of hydrogen-bond acceptors (Lipinski definition) is 2. The Morgan fingerprint density at radius 1 is 0.696 bits per heavy atom. The minimum Gasteiger partial charge on any atom is -0.368 e. The number of benzene rings is 2. The third kappa shape index (κ3) is 4.51. The standard InChI is InChI=1S/C21H30N2/c1-5-9-18-13-7-11-16(3)20(18)22-15-23-21-17(4)12-8-14-19(21)10-6-2/h7-8,11-14,22-23H,5-6,9-10,15H2,1-4H3. The molecule has 0 heterocycles. The van der Waals surface area contributed by atoms with Crippen LogP contribution < -0.4 is 10.6 Å². The summed E-state index contributed by atoms with van der Waals surface area (Å²) in [6, 6.07) is 13.1. The van der Waals surface area contributed by atoms with Crippen LogP contribution in [0.15, 0.2) is 36.4 Å². The molecule has 0 atom stereocenters. The van der Waals surface area contributed by atoms with Crippen molar-refractivity contribution in [2.24, 2.45) is 0 Å². The van der Waals surface area contributed by atoms with E-state index < -0.39 is 0 Å². The zero-order valence-electron chi connectivity index (χ0n) is 15.0. The molecule has 0 aromatic heterocycles. The number of para-hydroxylation sites is 2. The lowest BCUT2D eigenvalue weighted by Gasteiger charge is -2.18. The van der Waals surface area contributed by atoms with Crippen LogP contribution in [0.4, 0.5) is 11.4 Å². The highest BCUT2D eigenvalue weighted by atomic mass is 15.1. The van der Waals surface area contributed by atoms with Crippen molar-refractivity contribution < 1.29 is 0 Å². The van der Waals surface area contributed by atoms with Gasteiger partial charge in [0.15, 0.2) is 0 Å². The van der Waals surface area contributed by atoms with E-state index in [2.05, 4.69) is 74.7 Å². The summed E-state index contributed by atoms with van der Waals surface area (Å²) >= 11 is 0. The van der Waals surface area contributed by atoms with Gasteiger partial charge in [-0.05, 0) is 48.9 Å². The molecule has 2 N–H and O–H groups in total. The van der Waals surface area contributed by atoms with E-state index in [9.17, 15) is 0 Å². The minimum atomic E-state index is 0.753. The quantitative estimate of drug-likeness (QED) is 0.612. The van der Waals surface area contributed by atoms with Crippen LogP contribution in [0.3, 0.4) is 0 Å². The molecule has 0 radical (unpaired) electrons. The molecular formula is C21H30N2. The molecule has 0 fully saturated rings. The van der Waals surface area contributed by atoms with E-state index in [0.29, 0.717) is 0 Å². The summed E-state index contributed by atoms with van der Waals surface area (Å²) in [5.41, 5.74) is 8.02. The summed E-state index contributed by atoms with van der Waals surface area (Å²) in [4.78, 5) is 0. The number of nitrogens with one attached hydrogen (secondary N) is 2. The van der Waals surface area contributed by atoms with Gasteiger partial charge >= 0.3 is 0 Å². The van der Waals surface area contributed by atoms with Crippen LogP contribution in [0, 0.1) is 13.8 Å². The summed E-state index contributed by atoms with van der Waals surface area (Å²) in [7, 11) is 0. The first-order valence-electron chi connectivity index (χ1n) is 8.82. The fourth-order valence-electron chi connectivity index (χ4n) is 3.14. The van der Waals surface area contributed by atoms with Gasteiger partial charge in [0.2, 0.25) is 0 Å². The van der Waals surface area contributed by atoms with Gasteiger partial charge in [-0.3, -0.25) is 0 Å². The lowest BCUT2D eigenvalue weighted by atomic mass is 10.0. The Balaban J connectivity index is 2.09. The Kier molecular flexibility index (Phi) is 6.52. The molecule has 0 aliphatic rings. The van der Waals surface area contributed by atoms with Crippen molar-refractivity contribution >= 4 is 11.4 Å². The first-order valence-corrected chi connectivity index (χ1v) is 8.82. The fraction of sp³-hybridized carbons (Fsp3) is 0.429. The molecule has 0 saturated carbocycles. The summed E-state index contributed by atoms with van der Waals surface area (Å²) in [5.74, 6) is 0. The van der Waals surface area contributed by atoms with E-state index in [1.165, 1.54) is 46.5 Å². The van der Waals surface area contributed by atoms with Gasteiger partial charge in [0.05, 0.1) is 6.67 Å². The van der Waals surface area contributed by atoms with E-state index >= 15 is 0 Å². The van der Waals surface area contributed by atoms with Gasteiger partial charge in [-0.25, -0.2) is 0 Å². The maximum atomic E-state index is 3.60. The molecule has 0 saturated heterocycles. The predicted molar refractivity (Wildman–Crippen MR) is 102 cm³/mol. The summed E-state index contributed by atoms with van der Waals surface area (Å²) in [6.07, 6.45) is 4.58. The Labute approximate surface area is 141 Å². The maximum Gasteiger partial charge on any atom is 0.0849 e. The third-order valence-corrected chi connectivity index (χ3v) is 4.29. The second kappa shape index (κ2) is 8.61. The van der Waals surface area contributed by atoms with Crippen LogP contribution >= 0.6 is 0 Å². The molecule has 2 heteroatoms. The molecule has 0 unspecified atom stereocenters. The van der Waals surface area contributed by atoms with Crippen molar-refractivity contribution in [3.05, 3.63) is 58.7 Å². The average molecular weight is 310 g/mol. The molecule has 0 amide bonds. The SMILES string of the molecule is CCCc1cccc(C)c1NCNc1c(C)cccc1CCC. The predicted octanol–water partition coefficient (Wildman–Crippen LogP) is 5.69. The Morgan fingerprint density at radius 3 is 1.52 bits per heavy atom. The van der Waals surface area contributed by atoms with Crippen molar-refractivity contribution in [1.29, 1.82) is 0 Å². The Morgan fingerprint density at radius 2 is 1.13 bits per heavy atom. The van der Waals surface area contributed by atoms with Gasteiger partial charge in [-0.1, -0.05) is 63.1 Å². The van der Waals surface area contributed by atoms with Crippen molar-refractivity contribution in [2.75, 3.05) is 17.3 Å². The van der Waals surface area contributed by atoms with Crippen molar-refractivity contribution in [2.45, 2.75) is 53.4 Å². The second-order valence-electron chi connectivity index (χ2n) is 6.25. The molecule has 124 valence electrons. The molecule has 0 bridgehead atoms. The number of aryl methyl sites for hydroxylation is 4. The lowest BCUT2D eigenvalue weighted by molar-refractivity contribution is 0.915. The van der Waals surface area contributed by atoms with Crippen molar-refractivity contribution in [3.63, 3.8) is 0 Å². The third-order valence-electron chi connectivity index (χ3n) is 4.29. The second-order valence-corrected chi connectivity index (χ2v) is 6.25. The zero-order chi connectivity index (χ0) is 16.7.